The summed E-state index contributed by atoms with van der Waals surface area (Å²) in [4.78, 5) is 21.4. The van der Waals surface area contributed by atoms with E-state index in [1.54, 1.807) is 0 Å². The molecule has 0 aromatic heterocycles. The van der Waals surface area contributed by atoms with Crippen LogP contribution >= 0.6 is 0 Å². The standard InChI is InChI=1S/C10H19NO2.C6H10O2/c1-7-5-8(6-7)11-9(12)13-10(2,3)4;1-4-2-5(3-4)6(7)8/h7-8H,5-6H2,1-4H3,(H,11,12);4-5H,2-3H2,1H3,(H,7,8). The smallest absolute Gasteiger partial charge is 0.407 e. The zero-order valence-corrected chi connectivity index (χ0v) is 13.8. The van der Waals surface area contributed by atoms with Crippen LogP contribution in [0.15, 0.2) is 0 Å². The van der Waals surface area contributed by atoms with Crippen molar-refractivity contribution in [2.24, 2.45) is 17.8 Å². The molecule has 0 atom stereocenters. The van der Waals surface area contributed by atoms with Crippen molar-refractivity contribution in [3.8, 4) is 0 Å². The number of hydrogen-bond acceptors (Lipinski definition) is 3. The second-order valence-electron chi connectivity index (χ2n) is 7.53. The molecule has 0 aliphatic heterocycles. The molecule has 0 radical (unpaired) electrons. The lowest BCUT2D eigenvalue weighted by Crippen LogP contribution is -2.45. The van der Waals surface area contributed by atoms with Crippen molar-refractivity contribution in [3.05, 3.63) is 0 Å². The van der Waals surface area contributed by atoms with Crippen LogP contribution in [0.2, 0.25) is 0 Å². The molecule has 0 heterocycles. The molecular formula is C16H29NO4. The molecular weight excluding hydrogens is 270 g/mol. The number of carbonyl (C=O) groups is 2. The van der Waals surface area contributed by atoms with Crippen LogP contribution in [-0.2, 0) is 9.53 Å². The summed E-state index contributed by atoms with van der Waals surface area (Å²) in [6, 6.07) is 0.338. The molecule has 2 N–H and O–H groups in total. The van der Waals surface area contributed by atoms with Crippen molar-refractivity contribution in [2.45, 2.75) is 71.9 Å². The highest BCUT2D eigenvalue weighted by atomic mass is 16.6. The minimum absolute atomic E-state index is 0.0231. The first-order chi connectivity index (χ1) is 9.56. The lowest BCUT2D eigenvalue weighted by Gasteiger charge is -2.33. The minimum Gasteiger partial charge on any atom is -0.481 e. The van der Waals surface area contributed by atoms with Gasteiger partial charge in [-0.1, -0.05) is 13.8 Å². The van der Waals surface area contributed by atoms with Gasteiger partial charge < -0.3 is 15.2 Å². The Morgan fingerprint density at radius 3 is 1.81 bits per heavy atom. The number of hydrogen-bond donors (Lipinski definition) is 2. The van der Waals surface area contributed by atoms with Gasteiger partial charge in [0.2, 0.25) is 0 Å². The molecule has 5 nitrogen and oxygen atoms in total. The van der Waals surface area contributed by atoms with E-state index in [1.165, 1.54) is 0 Å². The van der Waals surface area contributed by atoms with Crippen LogP contribution in [0.4, 0.5) is 4.79 Å². The van der Waals surface area contributed by atoms with Crippen LogP contribution in [0.3, 0.4) is 0 Å². The molecule has 5 heteroatoms. The van der Waals surface area contributed by atoms with E-state index >= 15 is 0 Å². The van der Waals surface area contributed by atoms with Gasteiger partial charge in [-0.05, 0) is 58.3 Å². The monoisotopic (exact) mass is 299 g/mol. The fraction of sp³-hybridized carbons (Fsp3) is 0.875. The quantitative estimate of drug-likeness (QED) is 0.819. The molecule has 2 rings (SSSR count). The van der Waals surface area contributed by atoms with Crippen LogP contribution in [0.5, 0.6) is 0 Å². The summed E-state index contributed by atoms with van der Waals surface area (Å²) < 4.78 is 5.13. The summed E-state index contributed by atoms with van der Waals surface area (Å²) in [6.45, 7) is 9.88. The van der Waals surface area contributed by atoms with Gasteiger partial charge in [0, 0.05) is 6.04 Å². The van der Waals surface area contributed by atoms with E-state index in [1.807, 2.05) is 20.8 Å². The summed E-state index contributed by atoms with van der Waals surface area (Å²) in [5.41, 5.74) is -0.389. The number of aliphatic carboxylic acids is 1. The number of carboxylic acid groups (broad SMARTS) is 1. The zero-order chi connectivity index (χ0) is 16.2. The van der Waals surface area contributed by atoms with Crippen LogP contribution in [0.1, 0.15) is 60.3 Å². The molecule has 2 saturated carbocycles. The molecule has 2 aliphatic rings. The lowest BCUT2D eigenvalue weighted by atomic mass is 9.76. The molecule has 0 bridgehead atoms. The van der Waals surface area contributed by atoms with Crippen LogP contribution < -0.4 is 5.32 Å². The largest absolute Gasteiger partial charge is 0.481 e. The van der Waals surface area contributed by atoms with Crippen LogP contribution in [0, 0.1) is 17.8 Å². The molecule has 21 heavy (non-hydrogen) atoms. The molecule has 0 unspecified atom stereocenters. The molecule has 122 valence electrons. The Morgan fingerprint density at radius 1 is 1.05 bits per heavy atom. The van der Waals surface area contributed by atoms with Gasteiger partial charge in [-0.2, -0.15) is 0 Å². The molecule has 2 aliphatic carbocycles. The van der Waals surface area contributed by atoms with Gasteiger partial charge >= 0.3 is 12.1 Å². The van der Waals surface area contributed by atoms with Gasteiger partial charge in [-0.15, -0.1) is 0 Å². The number of carbonyl (C=O) groups excluding carboxylic acids is 1. The van der Waals surface area contributed by atoms with E-state index in [9.17, 15) is 9.59 Å². The lowest BCUT2D eigenvalue weighted by molar-refractivity contribution is -0.146. The molecule has 1 amide bonds. The summed E-state index contributed by atoms with van der Waals surface area (Å²) >= 11 is 0. The summed E-state index contributed by atoms with van der Waals surface area (Å²) in [7, 11) is 0. The van der Waals surface area contributed by atoms with Gasteiger partial charge in [0.05, 0.1) is 5.92 Å². The fourth-order valence-corrected chi connectivity index (χ4v) is 2.60. The van der Waals surface area contributed by atoms with Crippen molar-refractivity contribution in [3.63, 3.8) is 0 Å². The number of ether oxygens (including phenoxy) is 1. The molecule has 0 spiro atoms. The summed E-state index contributed by atoms with van der Waals surface area (Å²) in [5, 5.41) is 11.2. The van der Waals surface area contributed by atoms with Crippen molar-refractivity contribution in [2.75, 3.05) is 0 Å². The second-order valence-corrected chi connectivity index (χ2v) is 7.53. The maximum Gasteiger partial charge on any atom is 0.407 e. The van der Waals surface area contributed by atoms with Crippen molar-refractivity contribution in [1.82, 2.24) is 5.32 Å². The third-order valence-corrected chi connectivity index (χ3v) is 3.82. The topological polar surface area (TPSA) is 75.6 Å². The van der Waals surface area contributed by atoms with Crippen LogP contribution in [-0.4, -0.2) is 28.8 Å². The van der Waals surface area contributed by atoms with Crippen molar-refractivity contribution in [1.29, 1.82) is 0 Å². The maximum atomic E-state index is 11.2. The number of alkyl carbamates (subject to hydrolysis) is 1. The van der Waals surface area contributed by atoms with E-state index in [0.29, 0.717) is 12.0 Å². The van der Waals surface area contributed by atoms with Crippen molar-refractivity contribution >= 4 is 12.1 Å². The van der Waals surface area contributed by atoms with E-state index in [2.05, 4.69) is 19.2 Å². The molecule has 0 saturated heterocycles. The van der Waals surface area contributed by atoms with Gasteiger partial charge in [0.25, 0.3) is 0 Å². The second kappa shape index (κ2) is 7.14. The number of rotatable bonds is 2. The highest BCUT2D eigenvalue weighted by Gasteiger charge is 2.30. The van der Waals surface area contributed by atoms with E-state index in [4.69, 9.17) is 9.84 Å². The molecule has 0 aromatic rings. The van der Waals surface area contributed by atoms with Gasteiger partial charge in [0.1, 0.15) is 5.60 Å². The first kappa shape index (κ1) is 17.8. The number of amides is 1. The first-order valence-electron chi connectivity index (χ1n) is 7.79. The Hall–Kier alpha value is -1.26. The van der Waals surface area contributed by atoms with E-state index in [-0.39, 0.29) is 17.6 Å². The first-order valence-corrected chi connectivity index (χ1v) is 7.79. The molecule has 0 aromatic carbocycles. The number of carboxylic acids is 1. The SMILES string of the molecule is CC1CC(C(=O)O)C1.CC1CC(NC(=O)OC(C)(C)C)C1. The fourth-order valence-electron chi connectivity index (χ4n) is 2.60. The minimum atomic E-state index is -0.622. The third-order valence-electron chi connectivity index (χ3n) is 3.82. The van der Waals surface area contributed by atoms with Crippen LogP contribution in [0.25, 0.3) is 0 Å². The maximum absolute atomic E-state index is 11.2. The molecule has 2 fully saturated rings. The summed E-state index contributed by atoms with van der Waals surface area (Å²) in [5.74, 6) is 0.754. The predicted octanol–water partition coefficient (Wildman–Crippen LogP) is 3.43. The Balaban J connectivity index is 0.000000235. The van der Waals surface area contributed by atoms with E-state index in [0.717, 1.165) is 31.6 Å². The zero-order valence-electron chi connectivity index (χ0n) is 13.8. The Labute approximate surface area is 127 Å². The summed E-state index contributed by atoms with van der Waals surface area (Å²) in [6.07, 6.45) is 3.65. The Morgan fingerprint density at radius 2 is 1.52 bits per heavy atom. The van der Waals surface area contributed by atoms with Crippen molar-refractivity contribution < 1.29 is 19.4 Å². The third kappa shape index (κ3) is 6.82. The predicted molar refractivity (Wildman–Crippen MR) is 81.1 cm³/mol. The average Bonchev–Trinajstić information content (AvgIpc) is 2.20. The highest BCUT2D eigenvalue weighted by molar-refractivity contribution is 5.71. The Bertz CT molecular complexity index is 363. The van der Waals surface area contributed by atoms with Gasteiger partial charge in [-0.3, -0.25) is 4.79 Å². The van der Waals surface area contributed by atoms with E-state index < -0.39 is 5.97 Å². The number of nitrogens with one attached hydrogen (secondary N) is 1. The van der Waals surface area contributed by atoms with Gasteiger partial charge in [0.15, 0.2) is 0 Å². The Kier molecular flexibility index (Phi) is 6.05. The highest BCUT2D eigenvalue weighted by Crippen LogP contribution is 2.32. The van der Waals surface area contributed by atoms with Gasteiger partial charge in [-0.25, -0.2) is 4.79 Å². The normalized spacial score (nSPS) is 30.9. The average molecular weight is 299 g/mol.